The van der Waals surface area contributed by atoms with Crippen molar-refractivity contribution < 1.29 is 4.79 Å². The van der Waals surface area contributed by atoms with Gasteiger partial charge in [0.2, 0.25) is 0 Å². The molecule has 3 N–H and O–H groups in total. The summed E-state index contributed by atoms with van der Waals surface area (Å²) < 4.78 is 0. The molecule has 0 unspecified atom stereocenters. The Hall–Kier alpha value is -1.52. The number of rotatable bonds is 0. The molecular weight excluding hydrogens is 132 g/mol. The second-order valence-corrected chi connectivity index (χ2v) is 2.03. The van der Waals surface area contributed by atoms with Gasteiger partial charge in [-0.05, 0) is 0 Å². The van der Waals surface area contributed by atoms with E-state index in [1.54, 1.807) is 6.33 Å². The summed E-state index contributed by atoms with van der Waals surface area (Å²) in [7, 11) is 0. The summed E-state index contributed by atoms with van der Waals surface area (Å²) in [5.74, 6) is 0.698. The number of fused-ring (bicyclic) bond motifs is 1. The number of nitrogens with one attached hydrogen (secondary N) is 3. The van der Waals surface area contributed by atoms with Crippen molar-refractivity contribution in [3.63, 3.8) is 0 Å². The fourth-order valence-corrected chi connectivity index (χ4v) is 0.887. The van der Waals surface area contributed by atoms with E-state index < -0.39 is 0 Å². The summed E-state index contributed by atoms with van der Waals surface area (Å²) in [5, 5.41) is 5.16. The van der Waals surface area contributed by atoms with E-state index in [9.17, 15) is 4.79 Å². The molecule has 0 spiro atoms. The van der Waals surface area contributed by atoms with Gasteiger partial charge in [-0.1, -0.05) is 0 Å². The van der Waals surface area contributed by atoms with Crippen molar-refractivity contribution in [1.82, 2.24) is 15.3 Å². The van der Waals surface area contributed by atoms with Crippen LogP contribution in [-0.2, 0) is 6.54 Å². The molecule has 0 radical (unpaired) electrons. The van der Waals surface area contributed by atoms with Crippen LogP contribution in [0.5, 0.6) is 0 Å². The van der Waals surface area contributed by atoms with E-state index in [2.05, 4.69) is 20.6 Å². The Bertz CT molecular complexity index is 266. The van der Waals surface area contributed by atoms with Crippen LogP contribution in [0.2, 0.25) is 0 Å². The molecule has 0 aromatic carbocycles. The lowest BCUT2D eigenvalue weighted by Gasteiger charge is -2.11. The Morgan fingerprint density at radius 1 is 1.60 bits per heavy atom. The van der Waals surface area contributed by atoms with E-state index in [1.165, 1.54) is 0 Å². The van der Waals surface area contributed by atoms with Crippen LogP contribution in [0.4, 0.5) is 10.6 Å². The van der Waals surface area contributed by atoms with Crippen LogP contribution in [0.1, 0.15) is 5.69 Å². The van der Waals surface area contributed by atoms with Crippen LogP contribution in [-0.4, -0.2) is 16.0 Å². The Morgan fingerprint density at radius 3 is 3.40 bits per heavy atom. The molecule has 52 valence electrons. The molecule has 0 saturated carbocycles. The molecular formula is C5H6N4O. The van der Waals surface area contributed by atoms with Gasteiger partial charge < -0.3 is 10.3 Å². The fourth-order valence-electron chi connectivity index (χ4n) is 0.887. The number of carbonyl (C=O) groups is 1. The first kappa shape index (κ1) is 5.28. The topological polar surface area (TPSA) is 69.8 Å². The Balaban J connectivity index is 2.39. The smallest absolute Gasteiger partial charge is 0.320 e. The summed E-state index contributed by atoms with van der Waals surface area (Å²) in [5.41, 5.74) is 0.847. The quantitative estimate of drug-likeness (QED) is 0.474. The van der Waals surface area contributed by atoms with Gasteiger partial charge in [0, 0.05) is 0 Å². The molecule has 1 aromatic rings. The maximum Gasteiger partial charge on any atom is 0.320 e. The standard InChI is InChI=1S/C5H6N4O/c10-5-6-1-3-4(9-5)8-2-7-3/h2H,1H2,(H,7,8)(H2,6,9,10). The summed E-state index contributed by atoms with van der Waals surface area (Å²) in [6.45, 7) is 0.505. The van der Waals surface area contributed by atoms with E-state index >= 15 is 0 Å². The largest absolute Gasteiger partial charge is 0.332 e. The first-order valence-corrected chi connectivity index (χ1v) is 2.93. The summed E-state index contributed by atoms with van der Waals surface area (Å²) in [4.78, 5) is 17.4. The number of anilines is 1. The minimum Gasteiger partial charge on any atom is -0.332 e. The van der Waals surface area contributed by atoms with Crippen molar-refractivity contribution in [2.24, 2.45) is 0 Å². The van der Waals surface area contributed by atoms with Gasteiger partial charge in [0.25, 0.3) is 0 Å². The zero-order valence-corrected chi connectivity index (χ0v) is 5.14. The molecule has 2 rings (SSSR count). The van der Waals surface area contributed by atoms with E-state index in [1.807, 2.05) is 0 Å². The number of carbonyl (C=O) groups excluding carboxylic acids is 1. The van der Waals surface area contributed by atoms with E-state index in [4.69, 9.17) is 0 Å². The molecule has 1 aliphatic rings. The van der Waals surface area contributed by atoms with Crippen LogP contribution >= 0.6 is 0 Å². The van der Waals surface area contributed by atoms with Crippen LogP contribution in [0, 0.1) is 0 Å². The first-order chi connectivity index (χ1) is 4.86. The van der Waals surface area contributed by atoms with Gasteiger partial charge in [-0.2, -0.15) is 0 Å². The van der Waals surface area contributed by atoms with Crippen molar-refractivity contribution in [3.8, 4) is 0 Å². The van der Waals surface area contributed by atoms with Crippen LogP contribution in [0.15, 0.2) is 6.33 Å². The van der Waals surface area contributed by atoms with Crippen molar-refractivity contribution in [3.05, 3.63) is 12.0 Å². The summed E-state index contributed by atoms with van der Waals surface area (Å²) in [6.07, 6.45) is 1.55. The molecule has 0 atom stereocenters. The number of imidazole rings is 1. The van der Waals surface area contributed by atoms with Gasteiger partial charge in [-0.3, -0.25) is 5.32 Å². The molecule has 2 heterocycles. The molecule has 0 fully saturated rings. The zero-order valence-electron chi connectivity index (χ0n) is 5.14. The molecule has 5 nitrogen and oxygen atoms in total. The highest BCUT2D eigenvalue weighted by molar-refractivity contribution is 5.90. The molecule has 1 aromatic heterocycles. The van der Waals surface area contributed by atoms with Crippen LogP contribution in [0.3, 0.4) is 0 Å². The molecule has 0 aliphatic carbocycles. The van der Waals surface area contributed by atoms with Crippen molar-refractivity contribution in [1.29, 1.82) is 0 Å². The Morgan fingerprint density at radius 2 is 2.50 bits per heavy atom. The minimum atomic E-state index is -0.184. The first-order valence-electron chi connectivity index (χ1n) is 2.93. The minimum absolute atomic E-state index is 0.184. The van der Waals surface area contributed by atoms with Crippen molar-refractivity contribution in [2.45, 2.75) is 6.54 Å². The van der Waals surface area contributed by atoms with Gasteiger partial charge in [0.05, 0.1) is 12.9 Å². The summed E-state index contributed by atoms with van der Waals surface area (Å²) in [6, 6.07) is -0.184. The maximum atomic E-state index is 10.7. The number of hydrogen-bond donors (Lipinski definition) is 3. The third-order valence-electron chi connectivity index (χ3n) is 1.37. The van der Waals surface area contributed by atoms with Crippen LogP contribution in [0.25, 0.3) is 0 Å². The van der Waals surface area contributed by atoms with Crippen LogP contribution < -0.4 is 10.6 Å². The number of hydrogen-bond acceptors (Lipinski definition) is 2. The molecule has 1 aliphatic heterocycles. The second-order valence-electron chi connectivity index (χ2n) is 2.03. The molecule has 0 bridgehead atoms. The van der Waals surface area contributed by atoms with Gasteiger partial charge in [0.15, 0.2) is 0 Å². The number of urea groups is 1. The zero-order chi connectivity index (χ0) is 6.97. The fraction of sp³-hybridized carbons (Fsp3) is 0.200. The number of amides is 2. The summed E-state index contributed by atoms with van der Waals surface area (Å²) >= 11 is 0. The number of nitrogens with zero attached hydrogens (tertiary/aromatic N) is 1. The Labute approximate surface area is 56.8 Å². The number of aromatic amines is 1. The lowest BCUT2D eigenvalue weighted by molar-refractivity contribution is 0.250. The highest BCUT2D eigenvalue weighted by atomic mass is 16.2. The third kappa shape index (κ3) is 0.637. The lowest BCUT2D eigenvalue weighted by atomic mass is 10.4. The number of H-pyrrole nitrogens is 1. The molecule has 5 heteroatoms. The van der Waals surface area contributed by atoms with Crippen molar-refractivity contribution in [2.75, 3.05) is 5.32 Å². The van der Waals surface area contributed by atoms with Gasteiger partial charge in [0.1, 0.15) is 11.5 Å². The molecule has 0 saturated heterocycles. The SMILES string of the molecule is O=C1NCc2nc[nH]c2N1. The highest BCUT2D eigenvalue weighted by Gasteiger charge is 2.14. The lowest BCUT2D eigenvalue weighted by Crippen LogP contribution is -2.33. The molecule has 2 amide bonds. The van der Waals surface area contributed by atoms with Gasteiger partial charge in [-0.25, -0.2) is 9.78 Å². The second kappa shape index (κ2) is 1.73. The number of aromatic nitrogens is 2. The Kier molecular flexibility index (Phi) is 0.913. The predicted octanol–water partition coefficient (Wildman–Crippen LogP) is 0.0448. The average molecular weight is 138 g/mol. The average Bonchev–Trinajstić information content (AvgIpc) is 2.33. The maximum absolute atomic E-state index is 10.7. The van der Waals surface area contributed by atoms with Gasteiger partial charge in [-0.15, -0.1) is 0 Å². The van der Waals surface area contributed by atoms with Crippen molar-refractivity contribution >= 4 is 11.8 Å². The monoisotopic (exact) mass is 138 g/mol. The normalized spacial score (nSPS) is 15.4. The van der Waals surface area contributed by atoms with E-state index in [-0.39, 0.29) is 6.03 Å². The highest BCUT2D eigenvalue weighted by Crippen LogP contribution is 2.11. The van der Waals surface area contributed by atoms with Gasteiger partial charge >= 0.3 is 6.03 Å². The third-order valence-corrected chi connectivity index (χ3v) is 1.37. The van der Waals surface area contributed by atoms with E-state index in [0.29, 0.717) is 12.4 Å². The molecule has 10 heavy (non-hydrogen) atoms. The van der Waals surface area contributed by atoms with E-state index in [0.717, 1.165) is 5.69 Å². The predicted molar refractivity (Wildman–Crippen MR) is 34.4 cm³/mol.